The molecule has 0 aromatic heterocycles. The average Bonchev–Trinajstić information content (AvgIpc) is 2.33. The first kappa shape index (κ1) is 24.1. The summed E-state index contributed by atoms with van der Waals surface area (Å²) in [5.41, 5.74) is -1.59. The smallest absolute Gasteiger partial charge is 0.453 e. The Kier molecular flexibility index (Phi) is 8.68. The summed E-state index contributed by atoms with van der Waals surface area (Å²) in [6.07, 6.45) is -13.6. The standard InChI is InChI=1S/C6H5F5O2.C6H7F3O2/c1-3(4(12)13)2-5(7,8)6(9,10)11;1-4(5(10)11)2-3-6(7,8)9/h1-2H2,(H,12,13);1-3H2,(H,10,11). The van der Waals surface area contributed by atoms with Gasteiger partial charge in [-0.15, -0.1) is 0 Å². The number of hydrogen-bond acceptors (Lipinski definition) is 2. The number of halogens is 8. The number of aliphatic carboxylic acids is 2. The Bertz CT molecular complexity index is 490. The summed E-state index contributed by atoms with van der Waals surface area (Å²) in [6.45, 7) is 5.53. The van der Waals surface area contributed by atoms with Crippen LogP contribution in [-0.4, -0.2) is 40.4 Å². The van der Waals surface area contributed by atoms with Crippen molar-refractivity contribution in [1.29, 1.82) is 0 Å². The zero-order chi connectivity index (χ0) is 19.9. The second kappa shape index (κ2) is 8.64. The molecule has 0 aromatic carbocycles. The fourth-order valence-corrected chi connectivity index (χ4v) is 0.843. The lowest BCUT2D eigenvalue weighted by molar-refractivity contribution is -0.281. The molecule has 0 rings (SSSR count). The van der Waals surface area contributed by atoms with Crippen molar-refractivity contribution in [3.05, 3.63) is 24.3 Å². The van der Waals surface area contributed by atoms with Gasteiger partial charge in [0.1, 0.15) is 0 Å². The van der Waals surface area contributed by atoms with Crippen molar-refractivity contribution >= 4 is 11.9 Å². The molecule has 140 valence electrons. The van der Waals surface area contributed by atoms with Crippen LogP contribution in [0.2, 0.25) is 0 Å². The fraction of sp³-hybridized carbons (Fsp3) is 0.500. The molecule has 0 unspecified atom stereocenters. The van der Waals surface area contributed by atoms with Crippen molar-refractivity contribution in [2.75, 3.05) is 0 Å². The Morgan fingerprint density at radius 1 is 0.792 bits per heavy atom. The molecule has 0 aliphatic rings. The number of hydrogen-bond donors (Lipinski definition) is 2. The van der Waals surface area contributed by atoms with Gasteiger partial charge in [0.2, 0.25) is 0 Å². The van der Waals surface area contributed by atoms with Gasteiger partial charge in [-0.05, 0) is 6.42 Å². The third kappa shape index (κ3) is 10.6. The summed E-state index contributed by atoms with van der Waals surface area (Å²) in [7, 11) is 0. The molecule has 4 nitrogen and oxygen atoms in total. The first-order chi connectivity index (χ1) is 10.4. The van der Waals surface area contributed by atoms with E-state index in [1.807, 2.05) is 0 Å². The molecule has 0 spiro atoms. The highest BCUT2D eigenvalue weighted by Crippen LogP contribution is 2.39. The number of rotatable bonds is 6. The Labute approximate surface area is 130 Å². The lowest BCUT2D eigenvalue weighted by Crippen LogP contribution is -2.37. The number of alkyl halides is 8. The zero-order valence-electron chi connectivity index (χ0n) is 11.8. The summed E-state index contributed by atoms with van der Waals surface area (Å²) < 4.78 is 92.9. The van der Waals surface area contributed by atoms with Crippen LogP contribution in [0.3, 0.4) is 0 Å². The SMILES string of the molecule is C=C(CC(F)(F)C(F)(F)F)C(=O)O.C=C(CCC(F)(F)F)C(=O)O. The summed E-state index contributed by atoms with van der Waals surface area (Å²) in [5.74, 6) is -8.29. The van der Waals surface area contributed by atoms with E-state index < -0.39 is 60.6 Å². The van der Waals surface area contributed by atoms with E-state index in [0.29, 0.717) is 0 Å². The maximum atomic E-state index is 12.1. The van der Waals surface area contributed by atoms with Gasteiger partial charge in [0.15, 0.2) is 0 Å². The molecule has 0 aliphatic heterocycles. The predicted molar refractivity (Wildman–Crippen MR) is 64.5 cm³/mol. The van der Waals surface area contributed by atoms with Gasteiger partial charge in [-0.1, -0.05) is 13.2 Å². The molecule has 0 heterocycles. The van der Waals surface area contributed by atoms with Crippen LogP contribution in [0.5, 0.6) is 0 Å². The topological polar surface area (TPSA) is 74.6 Å². The molecule has 2 N–H and O–H groups in total. The number of carbonyl (C=O) groups is 2. The minimum absolute atomic E-state index is 0.415. The Balaban J connectivity index is 0. The van der Waals surface area contributed by atoms with E-state index >= 15 is 0 Å². The van der Waals surface area contributed by atoms with Crippen LogP contribution in [0.25, 0.3) is 0 Å². The molecule has 0 radical (unpaired) electrons. The average molecular weight is 372 g/mol. The molecule has 24 heavy (non-hydrogen) atoms. The minimum atomic E-state index is -5.74. The Morgan fingerprint density at radius 3 is 1.42 bits per heavy atom. The van der Waals surface area contributed by atoms with E-state index in [2.05, 4.69) is 13.2 Å². The molecule has 0 saturated carbocycles. The second-order valence-corrected chi connectivity index (χ2v) is 4.31. The van der Waals surface area contributed by atoms with Crippen molar-refractivity contribution in [2.24, 2.45) is 0 Å². The van der Waals surface area contributed by atoms with E-state index in [4.69, 9.17) is 10.2 Å². The molecule has 0 bridgehead atoms. The van der Waals surface area contributed by atoms with Gasteiger partial charge in [0.25, 0.3) is 0 Å². The van der Waals surface area contributed by atoms with Gasteiger partial charge < -0.3 is 10.2 Å². The monoisotopic (exact) mass is 372 g/mol. The van der Waals surface area contributed by atoms with Crippen LogP contribution in [0.4, 0.5) is 35.1 Å². The van der Waals surface area contributed by atoms with E-state index in [9.17, 15) is 44.7 Å². The van der Waals surface area contributed by atoms with E-state index in [0.717, 1.165) is 0 Å². The molecular formula is C12H12F8O4. The fourth-order valence-electron chi connectivity index (χ4n) is 0.843. The first-order valence-corrected chi connectivity index (χ1v) is 5.74. The molecule has 0 amide bonds. The minimum Gasteiger partial charge on any atom is -0.478 e. The van der Waals surface area contributed by atoms with Crippen LogP contribution >= 0.6 is 0 Å². The lowest BCUT2D eigenvalue weighted by atomic mass is 10.1. The molecule has 0 aromatic rings. The first-order valence-electron chi connectivity index (χ1n) is 5.74. The Morgan fingerprint density at radius 2 is 1.17 bits per heavy atom. The quantitative estimate of drug-likeness (QED) is 0.542. The van der Waals surface area contributed by atoms with E-state index in [-0.39, 0.29) is 0 Å². The third-order valence-corrected chi connectivity index (χ3v) is 2.17. The van der Waals surface area contributed by atoms with Crippen LogP contribution in [0.1, 0.15) is 19.3 Å². The summed E-state index contributed by atoms with van der Waals surface area (Å²) >= 11 is 0. The number of carboxylic acids is 2. The van der Waals surface area contributed by atoms with Crippen molar-refractivity contribution in [3.8, 4) is 0 Å². The third-order valence-electron chi connectivity index (χ3n) is 2.17. The molecule has 0 aliphatic carbocycles. The normalized spacial score (nSPS) is 12.0. The highest BCUT2D eigenvalue weighted by Gasteiger charge is 2.57. The van der Waals surface area contributed by atoms with Crippen LogP contribution in [-0.2, 0) is 9.59 Å². The molecular weight excluding hydrogens is 360 g/mol. The lowest BCUT2D eigenvalue weighted by Gasteiger charge is -2.18. The summed E-state index contributed by atoms with van der Waals surface area (Å²) in [4.78, 5) is 19.9. The largest absolute Gasteiger partial charge is 0.478 e. The van der Waals surface area contributed by atoms with Gasteiger partial charge in [-0.3, -0.25) is 0 Å². The predicted octanol–water partition coefficient (Wildman–Crippen LogP) is 4.18. The van der Waals surface area contributed by atoms with Crippen molar-refractivity contribution in [2.45, 2.75) is 37.5 Å². The maximum Gasteiger partial charge on any atom is 0.453 e. The van der Waals surface area contributed by atoms with Crippen molar-refractivity contribution in [3.63, 3.8) is 0 Å². The van der Waals surface area contributed by atoms with Gasteiger partial charge in [0.05, 0.1) is 6.42 Å². The summed E-state index contributed by atoms with van der Waals surface area (Å²) in [5, 5.41) is 16.1. The summed E-state index contributed by atoms with van der Waals surface area (Å²) in [6, 6.07) is 0. The maximum absolute atomic E-state index is 12.1. The van der Waals surface area contributed by atoms with E-state index in [1.165, 1.54) is 0 Å². The van der Waals surface area contributed by atoms with Crippen molar-refractivity contribution in [1.82, 2.24) is 0 Å². The van der Waals surface area contributed by atoms with Crippen LogP contribution in [0.15, 0.2) is 24.3 Å². The van der Waals surface area contributed by atoms with Gasteiger partial charge >= 0.3 is 30.2 Å². The van der Waals surface area contributed by atoms with Crippen molar-refractivity contribution < 1.29 is 54.9 Å². The van der Waals surface area contributed by atoms with Gasteiger partial charge in [-0.25, -0.2) is 9.59 Å². The molecule has 0 atom stereocenters. The molecule has 0 fully saturated rings. The zero-order valence-corrected chi connectivity index (χ0v) is 11.8. The highest BCUT2D eigenvalue weighted by atomic mass is 19.4. The highest BCUT2D eigenvalue weighted by molar-refractivity contribution is 5.86. The molecule has 12 heteroatoms. The molecule has 0 saturated heterocycles. The van der Waals surface area contributed by atoms with Crippen LogP contribution < -0.4 is 0 Å². The number of carboxylic acid groups (broad SMARTS) is 2. The van der Waals surface area contributed by atoms with E-state index in [1.54, 1.807) is 0 Å². The van der Waals surface area contributed by atoms with Gasteiger partial charge in [-0.2, -0.15) is 35.1 Å². The Hall–Kier alpha value is -2.14. The van der Waals surface area contributed by atoms with Crippen LogP contribution in [0, 0.1) is 0 Å². The van der Waals surface area contributed by atoms with Gasteiger partial charge in [0, 0.05) is 17.6 Å². The second-order valence-electron chi connectivity index (χ2n) is 4.31.